The summed E-state index contributed by atoms with van der Waals surface area (Å²) >= 11 is 3.26. The highest BCUT2D eigenvalue weighted by molar-refractivity contribution is 7.12. The van der Waals surface area contributed by atoms with Crippen LogP contribution in [0.15, 0.2) is 64.4 Å². The summed E-state index contributed by atoms with van der Waals surface area (Å²) in [5, 5.41) is 13.0. The molecule has 0 aliphatic carbocycles. The molecule has 0 unspecified atom stereocenters. The van der Waals surface area contributed by atoms with Gasteiger partial charge in [-0.25, -0.2) is 5.01 Å². The number of anilines is 1. The maximum absolute atomic E-state index is 13.5. The molecule has 0 fully saturated rings. The van der Waals surface area contributed by atoms with E-state index >= 15 is 0 Å². The maximum Gasteiger partial charge on any atom is 0.262 e. The minimum atomic E-state index is -0.681. The first kappa shape index (κ1) is 20.7. The second-order valence-corrected chi connectivity index (χ2v) is 9.49. The van der Waals surface area contributed by atoms with Crippen molar-refractivity contribution in [2.45, 2.75) is 18.6 Å². The molecule has 2 aliphatic heterocycles. The van der Waals surface area contributed by atoms with Crippen molar-refractivity contribution in [2.24, 2.45) is 5.10 Å². The molecule has 0 saturated carbocycles. The monoisotopic (exact) mass is 466 g/mol. The summed E-state index contributed by atoms with van der Waals surface area (Å²) in [6.07, 6.45) is 0.00686. The van der Waals surface area contributed by atoms with E-state index in [2.05, 4.69) is 5.32 Å². The number of nitrogens with one attached hydrogen (secondary N) is 1. The third-order valence-electron chi connectivity index (χ3n) is 5.57. The van der Waals surface area contributed by atoms with Crippen LogP contribution in [0.2, 0.25) is 0 Å². The molecule has 1 N–H and O–H groups in total. The molecule has 0 radical (unpaired) electrons. The van der Waals surface area contributed by atoms with Gasteiger partial charge in [0.15, 0.2) is 6.10 Å². The second kappa shape index (κ2) is 8.76. The van der Waals surface area contributed by atoms with Gasteiger partial charge in [-0.15, -0.1) is 22.7 Å². The Kier molecular flexibility index (Phi) is 5.67. The van der Waals surface area contributed by atoms with Crippen molar-refractivity contribution in [3.8, 4) is 5.75 Å². The fraction of sp³-hybridized carbons (Fsp3) is 0.261. The van der Waals surface area contributed by atoms with Gasteiger partial charge in [0, 0.05) is 18.3 Å². The van der Waals surface area contributed by atoms with E-state index in [-0.39, 0.29) is 24.4 Å². The highest BCUT2D eigenvalue weighted by Crippen LogP contribution is 2.37. The normalized spacial score (nSPS) is 19.8. The van der Waals surface area contributed by atoms with Gasteiger partial charge in [0.05, 0.1) is 35.4 Å². The maximum atomic E-state index is 13.5. The van der Waals surface area contributed by atoms with Gasteiger partial charge in [-0.2, -0.15) is 5.10 Å². The van der Waals surface area contributed by atoms with E-state index < -0.39 is 6.10 Å². The van der Waals surface area contributed by atoms with Crippen LogP contribution in [-0.2, 0) is 9.59 Å². The fourth-order valence-electron chi connectivity index (χ4n) is 4.02. The summed E-state index contributed by atoms with van der Waals surface area (Å²) < 4.78 is 5.86. The Bertz CT molecular complexity index is 1140. The minimum Gasteiger partial charge on any atom is -0.477 e. The van der Waals surface area contributed by atoms with Gasteiger partial charge in [0.25, 0.3) is 11.8 Å². The molecule has 32 heavy (non-hydrogen) atoms. The molecule has 2 atom stereocenters. The summed E-state index contributed by atoms with van der Waals surface area (Å²) in [4.78, 5) is 29.9. The van der Waals surface area contributed by atoms with Crippen LogP contribution in [0.3, 0.4) is 0 Å². The number of carbonyl (C=O) groups excluding carboxylic acids is 2. The molecule has 164 valence electrons. The van der Waals surface area contributed by atoms with Crippen molar-refractivity contribution in [1.29, 1.82) is 0 Å². The van der Waals surface area contributed by atoms with Crippen LogP contribution in [0, 0.1) is 0 Å². The molecule has 2 aliphatic rings. The topological polar surface area (TPSA) is 74.2 Å². The van der Waals surface area contributed by atoms with Crippen molar-refractivity contribution in [3.05, 3.63) is 69.0 Å². The Hall–Kier alpha value is -3.17. The quantitative estimate of drug-likeness (QED) is 0.625. The molecule has 0 bridgehead atoms. The third kappa shape index (κ3) is 3.89. The number of amides is 2. The van der Waals surface area contributed by atoms with Crippen molar-refractivity contribution < 1.29 is 14.3 Å². The van der Waals surface area contributed by atoms with Crippen LogP contribution in [0.25, 0.3) is 0 Å². The third-order valence-corrected chi connectivity index (χ3v) is 7.46. The number of para-hydroxylation sites is 2. The van der Waals surface area contributed by atoms with Crippen LogP contribution in [0.4, 0.5) is 5.69 Å². The lowest BCUT2D eigenvalue weighted by Crippen LogP contribution is -2.50. The Labute approximate surface area is 193 Å². The Morgan fingerprint density at radius 1 is 1.12 bits per heavy atom. The van der Waals surface area contributed by atoms with Crippen LogP contribution in [0.5, 0.6) is 5.75 Å². The summed E-state index contributed by atoms with van der Waals surface area (Å²) in [6.45, 7) is 0.401. The minimum absolute atomic E-state index is 0.108. The predicted octanol–water partition coefficient (Wildman–Crippen LogP) is 3.50. The zero-order chi connectivity index (χ0) is 22.1. The van der Waals surface area contributed by atoms with Gasteiger partial charge in [-0.3, -0.25) is 9.59 Å². The number of carbonyl (C=O) groups is 2. The Balaban J connectivity index is 1.42. The molecular formula is C23H22N4O3S2. The average molecular weight is 467 g/mol. The van der Waals surface area contributed by atoms with Crippen molar-refractivity contribution in [3.63, 3.8) is 0 Å². The number of hydrogen-bond donors (Lipinski definition) is 1. The lowest BCUT2D eigenvalue weighted by atomic mass is 10.1. The summed E-state index contributed by atoms with van der Waals surface area (Å²) in [7, 11) is 1.58. The molecule has 4 heterocycles. The van der Waals surface area contributed by atoms with Crippen LogP contribution in [0.1, 0.15) is 22.2 Å². The smallest absolute Gasteiger partial charge is 0.262 e. The lowest BCUT2D eigenvalue weighted by molar-refractivity contribution is -0.132. The van der Waals surface area contributed by atoms with Gasteiger partial charge < -0.3 is 15.0 Å². The van der Waals surface area contributed by atoms with E-state index in [1.54, 1.807) is 34.7 Å². The highest BCUT2D eigenvalue weighted by atomic mass is 32.1. The molecule has 9 heteroatoms. The molecule has 3 aromatic rings. The fourth-order valence-corrected chi connectivity index (χ4v) is 5.56. The number of hydrazone groups is 1. The van der Waals surface area contributed by atoms with Crippen molar-refractivity contribution in [2.75, 3.05) is 25.0 Å². The first-order chi connectivity index (χ1) is 15.6. The van der Waals surface area contributed by atoms with Gasteiger partial charge in [-0.1, -0.05) is 24.3 Å². The van der Waals surface area contributed by atoms with Crippen molar-refractivity contribution in [1.82, 2.24) is 10.3 Å². The second-order valence-electron chi connectivity index (χ2n) is 7.57. The van der Waals surface area contributed by atoms with E-state index in [9.17, 15) is 9.59 Å². The largest absolute Gasteiger partial charge is 0.477 e. The van der Waals surface area contributed by atoms with Crippen LogP contribution < -0.4 is 15.0 Å². The molecule has 0 saturated heterocycles. The standard InChI is InChI=1S/C23H22N4O3S2/c1-24-23(29)19-13-26(16-6-2-3-7-18(16)30-19)14-22(28)27-17(21-9-5-11-32-21)12-15(25-27)20-8-4-10-31-20/h2-11,17,19H,12-14H2,1H3,(H,24,29)/t17-,19+/m0/s1. The van der Waals surface area contributed by atoms with E-state index in [1.165, 1.54) is 0 Å². The van der Waals surface area contributed by atoms with Crippen molar-refractivity contribution >= 4 is 45.9 Å². The summed E-state index contributed by atoms with van der Waals surface area (Å²) in [6, 6.07) is 15.4. The number of fused-ring (bicyclic) bond motifs is 1. The predicted molar refractivity (Wildman–Crippen MR) is 127 cm³/mol. The first-order valence-electron chi connectivity index (χ1n) is 10.3. The summed E-state index contributed by atoms with van der Waals surface area (Å²) in [5.41, 5.74) is 1.73. The van der Waals surface area contributed by atoms with Gasteiger partial charge in [0.1, 0.15) is 5.75 Å². The van der Waals surface area contributed by atoms with E-state index in [4.69, 9.17) is 9.84 Å². The van der Waals surface area contributed by atoms with E-state index in [1.807, 2.05) is 64.2 Å². The molecule has 7 nitrogen and oxygen atoms in total. The zero-order valence-corrected chi connectivity index (χ0v) is 19.1. The highest BCUT2D eigenvalue weighted by Gasteiger charge is 2.37. The number of nitrogens with zero attached hydrogens (tertiary/aromatic N) is 3. The zero-order valence-electron chi connectivity index (χ0n) is 17.4. The number of ether oxygens (including phenoxy) is 1. The number of hydrogen-bond acceptors (Lipinski definition) is 7. The molecule has 5 rings (SSSR count). The molecule has 0 spiro atoms. The number of likely N-dealkylation sites (N-methyl/N-ethyl adjacent to an activating group) is 1. The molecule has 2 aromatic heterocycles. The van der Waals surface area contributed by atoms with Crippen LogP contribution in [-0.4, -0.2) is 48.8 Å². The van der Waals surface area contributed by atoms with E-state index in [0.29, 0.717) is 18.7 Å². The van der Waals surface area contributed by atoms with Gasteiger partial charge in [-0.05, 0) is 35.0 Å². The number of rotatable bonds is 5. The number of thiophene rings is 2. The Morgan fingerprint density at radius 3 is 2.69 bits per heavy atom. The van der Waals surface area contributed by atoms with Gasteiger partial charge >= 0.3 is 0 Å². The average Bonchev–Trinajstić information content (AvgIpc) is 3.59. The van der Waals surface area contributed by atoms with Crippen LogP contribution >= 0.6 is 22.7 Å². The summed E-state index contributed by atoms with van der Waals surface area (Å²) in [5.74, 6) is 0.272. The number of benzene rings is 1. The molecule has 1 aromatic carbocycles. The van der Waals surface area contributed by atoms with E-state index in [0.717, 1.165) is 21.2 Å². The first-order valence-corrected chi connectivity index (χ1v) is 12.1. The molecule has 2 amide bonds. The molecular weight excluding hydrogens is 444 g/mol. The van der Waals surface area contributed by atoms with Gasteiger partial charge in [0.2, 0.25) is 0 Å². The lowest BCUT2D eigenvalue weighted by Gasteiger charge is -2.35. The SMILES string of the molecule is CNC(=O)[C@H]1CN(CC(=O)N2N=C(c3cccs3)C[C@H]2c2cccs2)c2ccccc2O1. The Morgan fingerprint density at radius 2 is 1.94 bits per heavy atom.